The lowest BCUT2D eigenvalue weighted by molar-refractivity contribution is -0.117. The number of nitrogens with zero attached hydrogens (tertiary/aromatic N) is 3. The zero-order valence-corrected chi connectivity index (χ0v) is 22.1. The van der Waals surface area contributed by atoms with E-state index < -0.39 is 58.0 Å². The van der Waals surface area contributed by atoms with Gasteiger partial charge in [0.25, 0.3) is 0 Å². The number of pyridine rings is 1. The van der Waals surface area contributed by atoms with Crippen LogP contribution >= 0.6 is 26.8 Å². The van der Waals surface area contributed by atoms with E-state index in [1.165, 1.54) is 18.3 Å². The molecule has 0 aliphatic heterocycles. The summed E-state index contributed by atoms with van der Waals surface area (Å²) >= 11 is 6.16. The number of aliphatic hydroxyl groups excluding tert-OH is 2. The van der Waals surface area contributed by atoms with E-state index in [9.17, 15) is 28.6 Å². The number of benzene rings is 1. The van der Waals surface area contributed by atoms with Crippen molar-refractivity contribution < 1.29 is 47.7 Å². The van der Waals surface area contributed by atoms with Crippen molar-refractivity contribution in [3.8, 4) is 0 Å². The third-order valence-corrected chi connectivity index (χ3v) is 8.97. The zero-order chi connectivity index (χ0) is 27.5. The Hall–Kier alpha value is -1.96. The van der Waals surface area contributed by atoms with Gasteiger partial charge in [-0.2, -0.15) is 5.10 Å². The Bertz CT molecular complexity index is 1340. The van der Waals surface area contributed by atoms with E-state index in [0.717, 1.165) is 11.8 Å². The number of aromatic nitrogens is 3. The van der Waals surface area contributed by atoms with Gasteiger partial charge in [-0.05, 0) is 19.1 Å². The predicted octanol–water partition coefficient (Wildman–Crippen LogP) is 2.60. The summed E-state index contributed by atoms with van der Waals surface area (Å²) in [7, 11) is -8.47. The molecule has 37 heavy (non-hydrogen) atoms. The molecule has 0 aliphatic rings. The monoisotopic (exact) mass is 582 g/mol. The van der Waals surface area contributed by atoms with Crippen molar-refractivity contribution in [2.75, 3.05) is 24.9 Å². The van der Waals surface area contributed by atoms with Crippen molar-refractivity contribution in [3.63, 3.8) is 0 Å². The molecule has 5 atom stereocenters. The molecule has 0 radical (unpaired) electrons. The average molecular weight is 583 g/mol. The standard InChI is InChI=1S/C20H26ClFN4O9P2/c1-11(12-5-3-4-6-14(12)22)24-15-7-17(21)25-19-13(15)8-23-26(19)20(28)18(27)16(34-2)9-35-37(32,33)10-36(29,30)31/h3-8,11,16,18,20,27-28H,9-10H2,1-2H3,(H,24,25)(H,32,33)(H2,29,30,31)/t11-,16+,18+,20+/m0/s1. The number of rotatable bonds is 12. The van der Waals surface area contributed by atoms with Crippen LogP contribution in [0, 0.1) is 5.82 Å². The van der Waals surface area contributed by atoms with Crippen molar-refractivity contribution in [1.82, 2.24) is 14.8 Å². The highest BCUT2D eigenvalue weighted by molar-refractivity contribution is 7.70. The van der Waals surface area contributed by atoms with E-state index in [1.807, 2.05) is 0 Å². The molecule has 6 N–H and O–H groups in total. The molecule has 0 amide bonds. The summed E-state index contributed by atoms with van der Waals surface area (Å²) in [6, 6.07) is 7.21. The summed E-state index contributed by atoms with van der Waals surface area (Å²) < 4.78 is 47.8. The number of hydrogen-bond acceptors (Lipinski definition) is 9. The maximum atomic E-state index is 14.2. The second kappa shape index (κ2) is 11.8. The van der Waals surface area contributed by atoms with Crippen LogP contribution in [0.25, 0.3) is 11.0 Å². The minimum Gasteiger partial charge on any atom is -0.386 e. The lowest BCUT2D eigenvalue weighted by Gasteiger charge is -2.26. The number of methoxy groups -OCH3 is 1. The highest BCUT2D eigenvalue weighted by Gasteiger charge is 2.35. The average Bonchev–Trinajstić information content (AvgIpc) is 3.21. The molecular weight excluding hydrogens is 557 g/mol. The first-order valence-electron chi connectivity index (χ1n) is 10.7. The predicted molar refractivity (Wildman–Crippen MR) is 132 cm³/mol. The summed E-state index contributed by atoms with van der Waals surface area (Å²) in [6.07, 6.45) is -3.68. The van der Waals surface area contributed by atoms with Crippen LogP contribution < -0.4 is 5.32 Å². The fraction of sp³-hybridized carbons (Fsp3) is 0.400. The Morgan fingerprint density at radius 1 is 1.22 bits per heavy atom. The maximum Gasteiger partial charge on any atom is 0.340 e. The van der Waals surface area contributed by atoms with Gasteiger partial charge in [0.2, 0.25) is 0 Å². The number of halogens is 2. The van der Waals surface area contributed by atoms with Gasteiger partial charge in [-0.1, -0.05) is 29.8 Å². The molecule has 2 heterocycles. The summed E-state index contributed by atoms with van der Waals surface area (Å²) in [5, 5.41) is 29.0. The third kappa shape index (κ3) is 7.55. The fourth-order valence-electron chi connectivity index (χ4n) is 3.54. The molecule has 13 nitrogen and oxygen atoms in total. The molecule has 0 saturated carbocycles. The highest BCUT2D eigenvalue weighted by Crippen LogP contribution is 2.55. The first-order chi connectivity index (χ1) is 17.2. The molecule has 1 aromatic carbocycles. The molecule has 0 bridgehead atoms. The van der Waals surface area contributed by atoms with Gasteiger partial charge < -0.3 is 39.5 Å². The van der Waals surface area contributed by atoms with E-state index >= 15 is 0 Å². The number of ether oxygens (including phenoxy) is 1. The molecule has 1 unspecified atom stereocenters. The van der Waals surface area contributed by atoms with Gasteiger partial charge in [-0.3, -0.25) is 9.13 Å². The minimum absolute atomic E-state index is 0.00412. The van der Waals surface area contributed by atoms with Crippen molar-refractivity contribution in [2.45, 2.75) is 31.4 Å². The third-order valence-electron chi connectivity index (χ3n) is 5.32. The van der Waals surface area contributed by atoms with Crippen LogP contribution in [0.1, 0.15) is 24.8 Å². The molecule has 3 rings (SSSR count). The SMILES string of the molecule is CO[C@H](COP(=O)(O)CP(=O)(O)O)[C@@H](O)[C@@H](O)n1ncc2c(N[C@@H](C)c3ccccc3F)cc(Cl)nc21. The molecule has 0 spiro atoms. The molecule has 3 aromatic rings. The van der Waals surface area contributed by atoms with E-state index in [2.05, 4.69) is 19.9 Å². The Kier molecular flexibility index (Phi) is 9.46. The molecule has 17 heteroatoms. The number of aliphatic hydroxyl groups is 2. The summed E-state index contributed by atoms with van der Waals surface area (Å²) in [6.45, 7) is 0.944. The van der Waals surface area contributed by atoms with Gasteiger partial charge in [-0.15, -0.1) is 0 Å². The molecule has 2 aromatic heterocycles. The summed E-state index contributed by atoms with van der Waals surface area (Å²) in [5.41, 5.74) is 0.866. The lowest BCUT2D eigenvalue weighted by atomic mass is 10.1. The van der Waals surface area contributed by atoms with Crippen LogP contribution in [0.15, 0.2) is 36.5 Å². The van der Waals surface area contributed by atoms with Gasteiger partial charge >= 0.3 is 15.2 Å². The van der Waals surface area contributed by atoms with Crippen LogP contribution in [-0.2, 0) is 18.4 Å². The van der Waals surface area contributed by atoms with E-state index in [4.69, 9.17) is 26.1 Å². The highest BCUT2D eigenvalue weighted by atomic mass is 35.5. The second-order valence-electron chi connectivity index (χ2n) is 8.12. The molecule has 0 fully saturated rings. The maximum absolute atomic E-state index is 14.2. The minimum atomic E-state index is -4.86. The van der Waals surface area contributed by atoms with Crippen LogP contribution in [0.4, 0.5) is 10.1 Å². The lowest BCUT2D eigenvalue weighted by Crippen LogP contribution is -2.39. The van der Waals surface area contributed by atoms with Gasteiger partial charge in [-0.25, -0.2) is 14.1 Å². The van der Waals surface area contributed by atoms with Crippen molar-refractivity contribution in [1.29, 1.82) is 0 Å². The van der Waals surface area contributed by atoms with E-state index in [0.29, 0.717) is 16.6 Å². The van der Waals surface area contributed by atoms with Crippen LogP contribution in [0.2, 0.25) is 5.15 Å². The van der Waals surface area contributed by atoms with Gasteiger partial charge in [0.05, 0.1) is 29.9 Å². The van der Waals surface area contributed by atoms with Crippen LogP contribution in [0.5, 0.6) is 0 Å². The fourth-order valence-corrected chi connectivity index (χ4v) is 6.30. The van der Waals surface area contributed by atoms with Crippen molar-refractivity contribution in [2.24, 2.45) is 0 Å². The number of nitrogens with one attached hydrogen (secondary N) is 1. The Labute approximate surface area is 215 Å². The molecule has 0 aliphatic carbocycles. The van der Waals surface area contributed by atoms with Gasteiger partial charge in [0.1, 0.15) is 23.2 Å². The second-order valence-corrected chi connectivity index (χ2v) is 12.5. The molecular formula is C20H26ClFN4O9P2. The van der Waals surface area contributed by atoms with Crippen molar-refractivity contribution >= 4 is 43.5 Å². The van der Waals surface area contributed by atoms with E-state index in [-0.39, 0.29) is 10.8 Å². The van der Waals surface area contributed by atoms with Gasteiger partial charge in [0, 0.05) is 12.7 Å². The van der Waals surface area contributed by atoms with Crippen LogP contribution in [0.3, 0.4) is 0 Å². The molecule has 204 valence electrons. The van der Waals surface area contributed by atoms with Crippen molar-refractivity contribution in [3.05, 3.63) is 53.1 Å². The number of fused-ring (bicyclic) bond motifs is 1. The number of hydrogen-bond donors (Lipinski definition) is 6. The topological polar surface area (TPSA) is 196 Å². The Morgan fingerprint density at radius 2 is 1.89 bits per heavy atom. The van der Waals surface area contributed by atoms with E-state index in [1.54, 1.807) is 25.1 Å². The zero-order valence-electron chi connectivity index (χ0n) is 19.5. The molecule has 0 saturated heterocycles. The quantitative estimate of drug-likeness (QED) is 0.135. The Morgan fingerprint density at radius 3 is 2.51 bits per heavy atom. The summed E-state index contributed by atoms with van der Waals surface area (Å²) in [5.74, 6) is -1.84. The Balaban J connectivity index is 1.83. The normalized spacial score (nSPS) is 17.2. The first-order valence-corrected chi connectivity index (χ1v) is 14.6. The van der Waals surface area contributed by atoms with Gasteiger partial charge in [0.15, 0.2) is 17.8 Å². The number of anilines is 1. The van der Waals surface area contributed by atoms with Crippen LogP contribution in [-0.4, -0.2) is 71.5 Å². The summed E-state index contributed by atoms with van der Waals surface area (Å²) in [4.78, 5) is 31.6. The largest absolute Gasteiger partial charge is 0.386 e. The first kappa shape index (κ1) is 29.6. The smallest absolute Gasteiger partial charge is 0.340 e.